The molecule has 0 spiro atoms. The van der Waals surface area contributed by atoms with Gasteiger partial charge in [-0.3, -0.25) is 0 Å². The number of halogens is 3. The summed E-state index contributed by atoms with van der Waals surface area (Å²) in [5.74, 6) is 1.16. The summed E-state index contributed by atoms with van der Waals surface area (Å²) in [4.78, 5) is 0. The van der Waals surface area contributed by atoms with Crippen molar-refractivity contribution in [1.29, 1.82) is 0 Å². The number of rotatable bonds is 7. The normalized spacial score (nSPS) is 18.9. The highest BCUT2D eigenvalue weighted by Gasteiger charge is 2.34. The Kier molecular flexibility index (Phi) is 5.60. The van der Waals surface area contributed by atoms with Crippen molar-refractivity contribution in [3.05, 3.63) is 29.3 Å². The highest BCUT2D eigenvalue weighted by atomic mass is 19.4. The van der Waals surface area contributed by atoms with Crippen molar-refractivity contribution in [2.45, 2.75) is 58.2 Å². The van der Waals surface area contributed by atoms with Crippen molar-refractivity contribution in [3.8, 4) is 11.5 Å². The third-order valence-electron chi connectivity index (χ3n) is 5.06. The molecule has 0 unspecified atom stereocenters. The van der Waals surface area contributed by atoms with Gasteiger partial charge in [-0.15, -0.1) is 13.2 Å². The van der Waals surface area contributed by atoms with Crippen molar-refractivity contribution in [2.75, 3.05) is 6.61 Å². The summed E-state index contributed by atoms with van der Waals surface area (Å²) in [6, 6.07) is 3.41. The van der Waals surface area contributed by atoms with E-state index >= 15 is 0 Å². The molecule has 0 amide bonds. The summed E-state index contributed by atoms with van der Waals surface area (Å²) in [6.07, 6.45) is 7.34. The first kappa shape index (κ1) is 18.2. The molecule has 0 atom stereocenters. The van der Waals surface area contributed by atoms with Crippen LogP contribution >= 0.6 is 0 Å². The molecule has 2 aliphatic carbocycles. The molecule has 0 saturated heterocycles. The van der Waals surface area contributed by atoms with Gasteiger partial charge in [-0.25, -0.2) is 0 Å². The van der Waals surface area contributed by atoms with Crippen LogP contribution in [0, 0.1) is 18.8 Å². The quantitative estimate of drug-likeness (QED) is 0.574. The maximum Gasteiger partial charge on any atom is 0.573 e. The van der Waals surface area contributed by atoms with E-state index in [1.165, 1.54) is 25.7 Å². The predicted molar refractivity (Wildman–Crippen MR) is 91.7 cm³/mol. The van der Waals surface area contributed by atoms with Gasteiger partial charge in [0.25, 0.3) is 0 Å². The lowest BCUT2D eigenvalue weighted by molar-refractivity contribution is -0.275. The average molecular weight is 354 g/mol. The Balaban J connectivity index is 1.77. The first-order chi connectivity index (χ1) is 11.9. The zero-order valence-electron chi connectivity index (χ0n) is 14.6. The number of allylic oxidation sites excluding steroid dienone is 1. The second kappa shape index (κ2) is 7.71. The summed E-state index contributed by atoms with van der Waals surface area (Å²) in [7, 11) is 0. The molecule has 138 valence electrons. The highest BCUT2D eigenvalue weighted by molar-refractivity contribution is 5.62. The number of benzene rings is 1. The van der Waals surface area contributed by atoms with Gasteiger partial charge in [-0.2, -0.15) is 0 Å². The molecule has 0 aliphatic heterocycles. The van der Waals surface area contributed by atoms with Gasteiger partial charge in [0.05, 0.1) is 6.61 Å². The monoisotopic (exact) mass is 354 g/mol. The van der Waals surface area contributed by atoms with Gasteiger partial charge in [0, 0.05) is 5.56 Å². The minimum atomic E-state index is -4.73. The van der Waals surface area contributed by atoms with E-state index in [1.54, 1.807) is 13.0 Å². The summed E-state index contributed by atoms with van der Waals surface area (Å²) < 4.78 is 48.4. The fourth-order valence-electron chi connectivity index (χ4n) is 3.35. The molecule has 25 heavy (non-hydrogen) atoms. The van der Waals surface area contributed by atoms with E-state index < -0.39 is 6.36 Å². The SMILES string of the molecule is Cc1c(/C=C/C2CCCC2)ccc(OCCC2CC2)c1OC(F)(F)F. The van der Waals surface area contributed by atoms with E-state index in [1.807, 2.05) is 12.1 Å². The zero-order valence-corrected chi connectivity index (χ0v) is 14.6. The maximum atomic E-state index is 12.8. The Morgan fingerprint density at radius 3 is 2.48 bits per heavy atom. The second-order valence-corrected chi connectivity index (χ2v) is 7.14. The van der Waals surface area contributed by atoms with Gasteiger partial charge >= 0.3 is 6.36 Å². The summed E-state index contributed by atoms with van der Waals surface area (Å²) in [6.45, 7) is 2.08. The van der Waals surface area contributed by atoms with E-state index in [2.05, 4.69) is 10.8 Å². The molecule has 0 heterocycles. The third-order valence-corrected chi connectivity index (χ3v) is 5.06. The Morgan fingerprint density at radius 1 is 1.12 bits per heavy atom. The molecule has 2 fully saturated rings. The third kappa shape index (κ3) is 5.41. The molecule has 2 nitrogen and oxygen atoms in total. The fourth-order valence-corrected chi connectivity index (χ4v) is 3.35. The molecule has 1 aromatic rings. The number of ether oxygens (including phenoxy) is 2. The minimum absolute atomic E-state index is 0.175. The van der Waals surface area contributed by atoms with Gasteiger partial charge < -0.3 is 9.47 Å². The average Bonchev–Trinajstić information content (AvgIpc) is 3.21. The molecule has 1 aromatic carbocycles. The Bertz CT molecular complexity index is 612. The largest absolute Gasteiger partial charge is 0.573 e. The Labute approximate surface area is 147 Å². The van der Waals surface area contributed by atoms with Crippen LogP contribution in [0.4, 0.5) is 13.2 Å². The van der Waals surface area contributed by atoms with Crippen LogP contribution < -0.4 is 9.47 Å². The standard InChI is InChI=1S/C20H25F3O2/c1-14-17(9-8-15-4-2-3-5-15)10-11-18(19(14)25-20(21,22)23)24-13-12-16-6-7-16/h8-11,15-16H,2-7,12-13H2,1H3/b9-8+. The van der Waals surface area contributed by atoms with Crippen molar-refractivity contribution >= 4 is 6.08 Å². The van der Waals surface area contributed by atoms with Crippen LogP contribution in [-0.4, -0.2) is 13.0 Å². The van der Waals surface area contributed by atoms with Gasteiger partial charge in [0.15, 0.2) is 11.5 Å². The number of alkyl halides is 3. The molecular weight excluding hydrogens is 329 g/mol. The van der Waals surface area contributed by atoms with Crippen molar-refractivity contribution in [2.24, 2.45) is 11.8 Å². The summed E-state index contributed by atoms with van der Waals surface area (Å²) in [5.41, 5.74) is 1.22. The van der Waals surface area contributed by atoms with Gasteiger partial charge in [0.2, 0.25) is 0 Å². The van der Waals surface area contributed by atoms with Crippen LogP contribution in [-0.2, 0) is 0 Å². The molecule has 0 bridgehead atoms. The molecule has 2 aliphatic rings. The van der Waals surface area contributed by atoms with E-state index in [0.29, 0.717) is 24.0 Å². The van der Waals surface area contributed by atoms with Crippen LogP contribution in [0.5, 0.6) is 11.5 Å². The minimum Gasteiger partial charge on any atom is -0.490 e. The zero-order chi connectivity index (χ0) is 17.9. The highest BCUT2D eigenvalue weighted by Crippen LogP contribution is 2.39. The van der Waals surface area contributed by atoms with Gasteiger partial charge in [0.1, 0.15) is 0 Å². The van der Waals surface area contributed by atoms with Crippen LogP contribution in [0.3, 0.4) is 0 Å². The maximum absolute atomic E-state index is 12.8. The van der Waals surface area contributed by atoms with E-state index in [9.17, 15) is 13.2 Å². The molecular formula is C20H25F3O2. The Morgan fingerprint density at radius 2 is 1.84 bits per heavy atom. The Hall–Kier alpha value is -1.65. The number of hydrogen-bond donors (Lipinski definition) is 0. The molecule has 0 aromatic heterocycles. The van der Waals surface area contributed by atoms with E-state index in [-0.39, 0.29) is 11.5 Å². The first-order valence-electron chi connectivity index (χ1n) is 9.13. The lowest BCUT2D eigenvalue weighted by Crippen LogP contribution is -2.19. The lowest BCUT2D eigenvalue weighted by atomic mass is 10.0. The topological polar surface area (TPSA) is 18.5 Å². The molecule has 0 radical (unpaired) electrons. The molecule has 2 saturated carbocycles. The van der Waals surface area contributed by atoms with Crippen LogP contribution in [0.2, 0.25) is 0 Å². The molecule has 0 N–H and O–H groups in total. The van der Waals surface area contributed by atoms with Gasteiger partial charge in [-0.05, 0) is 49.7 Å². The number of hydrogen-bond acceptors (Lipinski definition) is 2. The lowest BCUT2D eigenvalue weighted by Gasteiger charge is -2.18. The molecule has 3 rings (SSSR count). The predicted octanol–water partition coefficient (Wildman–Crippen LogP) is 6.28. The van der Waals surface area contributed by atoms with Crippen molar-refractivity contribution < 1.29 is 22.6 Å². The summed E-state index contributed by atoms with van der Waals surface area (Å²) in [5, 5.41) is 0. The molecule has 5 heteroatoms. The van der Waals surface area contributed by atoms with Gasteiger partial charge in [-0.1, -0.05) is 43.9 Å². The smallest absolute Gasteiger partial charge is 0.490 e. The van der Waals surface area contributed by atoms with Crippen LogP contribution in [0.15, 0.2) is 18.2 Å². The van der Waals surface area contributed by atoms with Crippen molar-refractivity contribution in [3.63, 3.8) is 0 Å². The summed E-state index contributed by atoms with van der Waals surface area (Å²) >= 11 is 0. The first-order valence-corrected chi connectivity index (χ1v) is 9.13. The van der Waals surface area contributed by atoms with Crippen LogP contribution in [0.25, 0.3) is 6.08 Å². The van der Waals surface area contributed by atoms with Crippen LogP contribution in [0.1, 0.15) is 56.1 Å². The second-order valence-electron chi connectivity index (χ2n) is 7.14. The fraction of sp³-hybridized carbons (Fsp3) is 0.600. The van der Waals surface area contributed by atoms with Crippen molar-refractivity contribution in [1.82, 2.24) is 0 Å². The van der Waals surface area contributed by atoms with E-state index in [0.717, 1.165) is 24.8 Å². The van der Waals surface area contributed by atoms with E-state index in [4.69, 9.17) is 4.74 Å².